The van der Waals surface area contributed by atoms with E-state index < -0.39 is 0 Å². The van der Waals surface area contributed by atoms with E-state index in [0.29, 0.717) is 18.7 Å². The number of benzene rings is 2. The molecular weight excluding hydrogens is 412 g/mol. The Labute approximate surface area is 194 Å². The van der Waals surface area contributed by atoms with Gasteiger partial charge in [-0.15, -0.1) is 0 Å². The first kappa shape index (κ1) is 22.5. The van der Waals surface area contributed by atoms with Crippen molar-refractivity contribution in [3.8, 4) is 5.75 Å². The van der Waals surface area contributed by atoms with E-state index in [1.165, 1.54) is 5.56 Å². The van der Waals surface area contributed by atoms with Crippen molar-refractivity contribution < 1.29 is 9.53 Å². The molecule has 33 heavy (non-hydrogen) atoms. The Kier molecular flexibility index (Phi) is 7.35. The Hall–Kier alpha value is -3.67. The van der Waals surface area contributed by atoms with Gasteiger partial charge in [0, 0.05) is 31.9 Å². The van der Waals surface area contributed by atoms with Crippen molar-refractivity contribution in [2.24, 2.45) is 0 Å². The van der Waals surface area contributed by atoms with Crippen molar-refractivity contribution in [3.63, 3.8) is 0 Å². The molecule has 0 aliphatic heterocycles. The molecule has 0 saturated heterocycles. The second-order valence-corrected chi connectivity index (χ2v) is 8.24. The summed E-state index contributed by atoms with van der Waals surface area (Å²) in [7, 11) is 0. The molecule has 1 N–H and O–H groups in total. The van der Waals surface area contributed by atoms with Crippen LogP contribution >= 0.6 is 0 Å². The van der Waals surface area contributed by atoms with E-state index >= 15 is 0 Å². The lowest BCUT2D eigenvalue weighted by Gasteiger charge is -2.12. The third-order valence-corrected chi connectivity index (χ3v) is 5.63. The minimum absolute atomic E-state index is 0.0971. The van der Waals surface area contributed by atoms with Gasteiger partial charge in [0.05, 0.1) is 23.2 Å². The maximum absolute atomic E-state index is 12.2. The molecule has 2 aromatic carbocycles. The van der Waals surface area contributed by atoms with Crippen molar-refractivity contribution in [3.05, 3.63) is 89.5 Å². The molecule has 0 fully saturated rings. The molecule has 0 bridgehead atoms. The van der Waals surface area contributed by atoms with Gasteiger partial charge in [-0.25, -0.2) is 4.98 Å². The van der Waals surface area contributed by atoms with Crippen molar-refractivity contribution in [2.75, 3.05) is 13.2 Å². The van der Waals surface area contributed by atoms with Gasteiger partial charge in [0.15, 0.2) is 0 Å². The van der Waals surface area contributed by atoms with Gasteiger partial charge in [0.1, 0.15) is 11.6 Å². The Bertz CT molecular complexity index is 1220. The van der Waals surface area contributed by atoms with Gasteiger partial charge in [-0.3, -0.25) is 9.78 Å². The predicted octanol–water partition coefficient (Wildman–Crippen LogP) is 4.88. The summed E-state index contributed by atoms with van der Waals surface area (Å²) in [5.74, 6) is 1.89. The second kappa shape index (κ2) is 10.8. The van der Waals surface area contributed by atoms with Gasteiger partial charge in [-0.2, -0.15) is 0 Å². The highest BCUT2D eigenvalue weighted by Gasteiger charge is 2.11. The van der Waals surface area contributed by atoms with Crippen LogP contribution in [0.25, 0.3) is 11.0 Å². The lowest BCUT2D eigenvalue weighted by Crippen LogP contribution is -2.25. The highest BCUT2D eigenvalue weighted by molar-refractivity contribution is 5.93. The third kappa shape index (κ3) is 5.77. The van der Waals surface area contributed by atoms with Crippen LogP contribution in [0.2, 0.25) is 0 Å². The number of rotatable bonds is 10. The molecule has 0 radical (unpaired) electrons. The molecule has 0 aliphatic carbocycles. The SMILES string of the molecule is Cc1ccc(OCCCn2c(CCCNC(=O)c3cccnc3)nc3ccccc32)c(C)c1. The zero-order valence-corrected chi connectivity index (χ0v) is 19.3. The zero-order chi connectivity index (χ0) is 23.0. The molecule has 0 unspecified atom stereocenters. The second-order valence-electron chi connectivity index (χ2n) is 8.24. The molecule has 4 aromatic rings. The zero-order valence-electron chi connectivity index (χ0n) is 19.3. The molecule has 0 spiro atoms. The Morgan fingerprint density at radius 3 is 2.76 bits per heavy atom. The quantitative estimate of drug-likeness (QED) is 0.356. The number of hydrogen-bond acceptors (Lipinski definition) is 4. The lowest BCUT2D eigenvalue weighted by molar-refractivity contribution is 0.0952. The van der Waals surface area contributed by atoms with Crippen LogP contribution < -0.4 is 10.1 Å². The number of fused-ring (bicyclic) bond motifs is 1. The number of nitrogens with one attached hydrogen (secondary N) is 1. The molecule has 4 rings (SSSR count). The maximum atomic E-state index is 12.2. The Morgan fingerprint density at radius 2 is 1.94 bits per heavy atom. The van der Waals surface area contributed by atoms with E-state index in [9.17, 15) is 4.79 Å². The molecule has 6 heteroatoms. The molecule has 2 aromatic heterocycles. The number of nitrogens with zero attached hydrogens (tertiary/aromatic N) is 3. The normalized spacial score (nSPS) is 11.0. The Morgan fingerprint density at radius 1 is 1.06 bits per heavy atom. The third-order valence-electron chi connectivity index (χ3n) is 5.63. The van der Waals surface area contributed by atoms with Gasteiger partial charge in [0.25, 0.3) is 5.91 Å². The number of amides is 1. The number of carbonyl (C=O) groups excluding carboxylic acids is 1. The monoisotopic (exact) mass is 442 g/mol. The number of pyridine rings is 1. The van der Waals surface area contributed by atoms with E-state index in [-0.39, 0.29) is 5.91 Å². The minimum atomic E-state index is -0.0971. The highest BCUT2D eigenvalue weighted by Crippen LogP contribution is 2.20. The first-order chi connectivity index (χ1) is 16.1. The van der Waals surface area contributed by atoms with Crippen LogP contribution in [0.4, 0.5) is 0 Å². The molecule has 1 amide bonds. The van der Waals surface area contributed by atoms with Crippen LogP contribution in [-0.2, 0) is 13.0 Å². The van der Waals surface area contributed by atoms with E-state index in [1.807, 2.05) is 24.3 Å². The summed E-state index contributed by atoms with van der Waals surface area (Å²) in [5.41, 5.74) is 5.12. The van der Waals surface area contributed by atoms with Crippen molar-refractivity contribution in [1.29, 1.82) is 0 Å². The van der Waals surface area contributed by atoms with Gasteiger partial charge in [-0.05, 0) is 62.6 Å². The molecule has 6 nitrogen and oxygen atoms in total. The van der Waals surface area contributed by atoms with Crippen LogP contribution in [0.15, 0.2) is 67.0 Å². The summed E-state index contributed by atoms with van der Waals surface area (Å²) >= 11 is 0. The maximum Gasteiger partial charge on any atom is 0.252 e. The van der Waals surface area contributed by atoms with Crippen LogP contribution in [0.3, 0.4) is 0 Å². The fraction of sp³-hybridized carbons (Fsp3) is 0.296. The molecular formula is C27H30N4O2. The summed E-state index contributed by atoms with van der Waals surface area (Å²) < 4.78 is 8.30. The molecule has 2 heterocycles. The first-order valence-electron chi connectivity index (χ1n) is 11.4. The summed E-state index contributed by atoms with van der Waals surface area (Å²) in [6.45, 7) is 6.25. The number of para-hydroxylation sites is 2. The van der Waals surface area contributed by atoms with Gasteiger partial charge in [-0.1, -0.05) is 29.8 Å². The van der Waals surface area contributed by atoms with Gasteiger partial charge < -0.3 is 14.6 Å². The van der Waals surface area contributed by atoms with E-state index in [2.05, 4.69) is 46.9 Å². The predicted molar refractivity (Wildman–Crippen MR) is 131 cm³/mol. The molecule has 0 saturated carbocycles. The number of carbonyl (C=O) groups is 1. The molecule has 0 aliphatic rings. The van der Waals surface area contributed by atoms with Crippen LogP contribution in [0.1, 0.15) is 40.2 Å². The fourth-order valence-corrected chi connectivity index (χ4v) is 3.98. The summed E-state index contributed by atoms with van der Waals surface area (Å²) in [6, 6.07) is 18.0. The van der Waals surface area contributed by atoms with E-state index in [0.717, 1.165) is 54.0 Å². The van der Waals surface area contributed by atoms with E-state index in [1.54, 1.807) is 24.5 Å². The van der Waals surface area contributed by atoms with Crippen LogP contribution in [0, 0.1) is 13.8 Å². The summed E-state index contributed by atoms with van der Waals surface area (Å²) in [4.78, 5) is 21.1. The van der Waals surface area contributed by atoms with Gasteiger partial charge >= 0.3 is 0 Å². The fourth-order valence-electron chi connectivity index (χ4n) is 3.98. The first-order valence-corrected chi connectivity index (χ1v) is 11.4. The Balaban J connectivity index is 1.33. The number of aryl methyl sites for hydroxylation is 4. The number of ether oxygens (including phenoxy) is 1. The molecule has 0 atom stereocenters. The summed E-state index contributed by atoms with van der Waals surface area (Å²) in [6.07, 6.45) is 5.73. The van der Waals surface area contributed by atoms with Crippen LogP contribution in [-0.4, -0.2) is 33.6 Å². The standard InChI is InChI=1S/C27H30N4O2/c1-20-12-13-25(21(2)18-20)33-17-7-16-31-24-10-4-3-9-23(24)30-26(31)11-6-15-29-27(32)22-8-5-14-28-19-22/h3-5,8-10,12-14,18-19H,6-7,11,15-17H2,1-2H3,(H,29,32). The number of aromatic nitrogens is 3. The highest BCUT2D eigenvalue weighted by atomic mass is 16.5. The average molecular weight is 443 g/mol. The number of hydrogen-bond donors (Lipinski definition) is 1. The van der Waals surface area contributed by atoms with E-state index in [4.69, 9.17) is 9.72 Å². The smallest absolute Gasteiger partial charge is 0.252 e. The average Bonchev–Trinajstić information content (AvgIpc) is 3.18. The summed E-state index contributed by atoms with van der Waals surface area (Å²) in [5, 5.41) is 2.97. The van der Waals surface area contributed by atoms with Crippen molar-refractivity contribution >= 4 is 16.9 Å². The van der Waals surface area contributed by atoms with Crippen molar-refractivity contribution in [2.45, 2.75) is 39.7 Å². The number of imidazole rings is 1. The topological polar surface area (TPSA) is 69.0 Å². The van der Waals surface area contributed by atoms with Crippen molar-refractivity contribution in [1.82, 2.24) is 19.9 Å². The minimum Gasteiger partial charge on any atom is -0.493 e. The molecule has 170 valence electrons. The van der Waals surface area contributed by atoms with Crippen LogP contribution in [0.5, 0.6) is 5.75 Å². The van der Waals surface area contributed by atoms with Gasteiger partial charge in [0.2, 0.25) is 0 Å². The largest absolute Gasteiger partial charge is 0.493 e. The lowest BCUT2D eigenvalue weighted by atomic mass is 10.1.